The van der Waals surface area contributed by atoms with Gasteiger partial charge in [-0.1, -0.05) is 72.5 Å². The summed E-state index contributed by atoms with van der Waals surface area (Å²) in [5.74, 6) is 5.45. The Hall–Kier alpha value is -1.13. The molecule has 4 rings (SSSR count). The lowest BCUT2D eigenvalue weighted by atomic mass is 9.47. The maximum Gasteiger partial charge on any atom is 0.367 e. The summed E-state index contributed by atoms with van der Waals surface area (Å²) in [7, 11) is 1.97. The number of carbonyl (C=O) groups is 2. The number of allylic oxidation sites excluding steroid dienone is 1. The molecule has 3 fully saturated rings. The zero-order valence-corrected chi connectivity index (χ0v) is 35.3. The molecular formula is C43H79N5O3S. The van der Waals surface area contributed by atoms with E-state index in [1.807, 2.05) is 7.05 Å². The number of nitrogens with one attached hydrogen (secondary N) is 2. The molecule has 9 heteroatoms. The minimum Gasteiger partial charge on any atom is -0.454 e. The van der Waals surface area contributed by atoms with Crippen molar-refractivity contribution in [3.05, 3.63) is 11.6 Å². The van der Waals surface area contributed by atoms with Crippen LogP contribution in [0.2, 0.25) is 0 Å². The number of thioether (sulfide) groups is 1. The SMILES string of the molecule is CCCN(CCN)CCN(CCNC)CCNC(=O)CCSC(=O)OC1CC[C@]2(C)C(=CCC3C2CC[C@]2(C)C3CC[C@H]2[C@@H](C)CCCC(C)C)C1. The van der Waals surface area contributed by atoms with Crippen LogP contribution in [-0.4, -0.2) is 98.8 Å². The first-order valence-corrected chi connectivity index (χ1v) is 22.5. The highest BCUT2D eigenvalue weighted by atomic mass is 32.2. The van der Waals surface area contributed by atoms with Gasteiger partial charge in [-0.25, -0.2) is 4.79 Å². The van der Waals surface area contributed by atoms with Crippen LogP contribution < -0.4 is 16.4 Å². The summed E-state index contributed by atoms with van der Waals surface area (Å²) in [5.41, 5.74) is 8.13. The fourth-order valence-electron chi connectivity index (χ4n) is 11.3. The molecule has 4 aliphatic carbocycles. The minimum absolute atomic E-state index is 0.00213. The molecule has 0 saturated heterocycles. The number of fused-ring (bicyclic) bond motifs is 5. The molecule has 8 atom stereocenters. The molecule has 0 aromatic heterocycles. The summed E-state index contributed by atoms with van der Waals surface area (Å²) in [4.78, 5) is 30.3. The lowest BCUT2D eigenvalue weighted by molar-refractivity contribution is -0.120. The number of hydrogen-bond donors (Lipinski definition) is 3. The quantitative estimate of drug-likeness (QED) is 0.0759. The highest BCUT2D eigenvalue weighted by molar-refractivity contribution is 8.13. The molecule has 300 valence electrons. The van der Waals surface area contributed by atoms with Crippen LogP contribution in [0.1, 0.15) is 125 Å². The van der Waals surface area contributed by atoms with E-state index in [4.69, 9.17) is 10.5 Å². The van der Waals surface area contributed by atoms with Crippen molar-refractivity contribution in [1.29, 1.82) is 0 Å². The molecule has 1 amide bonds. The molecule has 8 nitrogen and oxygen atoms in total. The van der Waals surface area contributed by atoms with E-state index in [0.29, 0.717) is 30.7 Å². The molecule has 4 N–H and O–H groups in total. The molecule has 0 bridgehead atoms. The normalized spacial score (nSPS) is 30.5. The van der Waals surface area contributed by atoms with Crippen molar-refractivity contribution < 1.29 is 14.3 Å². The van der Waals surface area contributed by atoms with Crippen LogP contribution in [0.25, 0.3) is 0 Å². The second-order valence-electron chi connectivity index (χ2n) is 18.0. The Kier molecular flexibility index (Phi) is 17.8. The van der Waals surface area contributed by atoms with Crippen LogP contribution in [0.15, 0.2) is 11.6 Å². The van der Waals surface area contributed by atoms with Crippen LogP contribution in [0, 0.1) is 46.3 Å². The van der Waals surface area contributed by atoms with E-state index in [2.05, 4.69) is 68.1 Å². The third kappa shape index (κ3) is 11.7. The summed E-state index contributed by atoms with van der Waals surface area (Å²) in [5, 5.41) is 6.08. The van der Waals surface area contributed by atoms with Crippen molar-refractivity contribution in [3.63, 3.8) is 0 Å². The van der Waals surface area contributed by atoms with Crippen LogP contribution >= 0.6 is 11.8 Å². The molecule has 4 unspecified atom stereocenters. The summed E-state index contributed by atoms with van der Waals surface area (Å²) in [6.07, 6.45) is 17.9. The molecule has 4 aliphatic rings. The number of carbonyl (C=O) groups excluding carboxylic acids is 2. The number of nitrogens with two attached hydrogens (primary N) is 1. The van der Waals surface area contributed by atoms with Gasteiger partial charge in [-0.05, 0) is 123 Å². The second-order valence-corrected chi connectivity index (χ2v) is 19.1. The van der Waals surface area contributed by atoms with Crippen molar-refractivity contribution >= 4 is 23.0 Å². The topological polar surface area (TPSA) is 99.9 Å². The number of nitrogens with zero attached hydrogens (tertiary/aromatic N) is 2. The molecule has 0 aromatic carbocycles. The first kappa shape index (κ1) is 43.6. The van der Waals surface area contributed by atoms with Crippen LogP contribution in [0.4, 0.5) is 4.79 Å². The lowest BCUT2D eigenvalue weighted by Crippen LogP contribution is -2.51. The standard InChI is InChI=1S/C43H79N5O3S/c1-8-24-47(25-21-44)28-29-48(26-22-45-7)27-23-46-40(49)18-30-52-41(50)51-35-16-19-42(5)34(31-35)12-13-36-38-15-14-37(33(4)11-9-10-32(2)3)43(38,6)20-17-39(36)42/h12,32-33,35-39,45H,8-11,13-31,44H2,1-7H3,(H,46,49)/t33-,35?,36?,37-,38?,39?,42+,43-/m0/s1. The molecule has 52 heavy (non-hydrogen) atoms. The van der Waals surface area contributed by atoms with E-state index >= 15 is 0 Å². The third-order valence-corrected chi connectivity index (χ3v) is 15.0. The maximum absolute atomic E-state index is 12.9. The zero-order chi connectivity index (χ0) is 37.7. The average Bonchev–Trinajstić information content (AvgIpc) is 3.46. The molecular weight excluding hydrogens is 667 g/mol. The van der Waals surface area contributed by atoms with Gasteiger partial charge in [0.1, 0.15) is 6.10 Å². The van der Waals surface area contributed by atoms with E-state index in [9.17, 15) is 9.59 Å². The van der Waals surface area contributed by atoms with Crippen molar-refractivity contribution in [2.24, 2.45) is 52.1 Å². The lowest BCUT2D eigenvalue weighted by Gasteiger charge is -2.58. The molecule has 0 radical (unpaired) electrons. The van der Waals surface area contributed by atoms with Crippen molar-refractivity contribution in [1.82, 2.24) is 20.4 Å². The van der Waals surface area contributed by atoms with Gasteiger partial charge in [0, 0.05) is 71.0 Å². The van der Waals surface area contributed by atoms with E-state index in [1.165, 1.54) is 51.4 Å². The van der Waals surface area contributed by atoms with Crippen molar-refractivity contribution in [2.45, 2.75) is 131 Å². The highest BCUT2D eigenvalue weighted by Gasteiger charge is 2.59. The van der Waals surface area contributed by atoms with Crippen LogP contribution in [0.3, 0.4) is 0 Å². The first-order chi connectivity index (χ1) is 24.9. The molecule has 0 aromatic rings. The Morgan fingerprint density at radius 3 is 2.42 bits per heavy atom. The fraction of sp³-hybridized carbons (Fsp3) is 0.907. The third-order valence-electron chi connectivity index (χ3n) is 14.2. The Morgan fingerprint density at radius 1 is 0.962 bits per heavy atom. The summed E-state index contributed by atoms with van der Waals surface area (Å²) < 4.78 is 6.03. The largest absolute Gasteiger partial charge is 0.454 e. The van der Waals surface area contributed by atoms with E-state index < -0.39 is 0 Å². The van der Waals surface area contributed by atoms with Crippen molar-refractivity contribution in [3.8, 4) is 0 Å². The summed E-state index contributed by atoms with van der Waals surface area (Å²) >= 11 is 1.16. The van der Waals surface area contributed by atoms with Gasteiger partial charge in [0.05, 0.1) is 0 Å². The van der Waals surface area contributed by atoms with Crippen LogP contribution in [-0.2, 0) is 9.53 Å². The Bertz CT molecular complexity index is 1130. The van der Waals surface area contributed by atoms with Gasteiger partial charge >= 0.3 is 5.30 Å². The summed E-state index contributed by atoms with van der Waals surface area (Å²) in [6.45, 7) is 22.6. The number of likely N-dealkylation sites (N-methyl/N-ethyl adjacent to an activating group) is 1. The second kappa shape index (κ2) is 21.2. The van der Waals surface area contributed by atoms with Gasteiger partial charge in [-0.15, -0.1) is 0 Å². The molecule has 0 heterocycles. The van der Waals surface area contributed by atoms with Gasteiger partial charge in [0.2, 0.25) is 5.91 Å². The Balaban J connectivity index is 1.17. The van der Waals surface area contributed by atoms with E-state index in [0.717, 1.165) is 119 Å². The van der Waals surface area contributed by atoms with Gasteiger partial charge < -0.3 is 26.0 Å². The maximum atomic E-state index is 12.9. The molecule has 0 spiro atoms. The van der Waals surface area contributed by atoms with Crippen molar-refractivity contribution in [2.75, 3.05) is 71.7 Å². The average molecular weight is 746 g/mol. The zero-order valence-electron chi connectivity index (χ0n) is 34.5. The smallest absolute Gasteiger partial charge is 0.367 e. The fourth-order valence-corrected chi connectivity index (χ4v) is 12.0. The van der Waals surface area contributed by atoms with E-state index in [1.54, 1.807) is 5.57 Å². The number of hydrogen-bond acceptors (Lipinski definition) is 8. The monoisotopic (exact) mass is 746 g/mol. The number of amides is 1. The number of rotatable bonds is 22. The van der Waals surface area contributed by atoms with Gasteiger partial charge in [-0.3, -0.25) is 9.69 Å². The first-order valence-electron chi connectivity index (χ1n) is 21.5. The van der Waals surface area contributed by atoms with Gasteiger partial charge in [0.25, 0.3) is 0 Å². The summed E-state index contributed by atoms with van der Waals surface area (Å²) in [6, 6.07) is 0. The predicted octanol–water partition coefficient (Wildman–Crippen LogP) is 7.96. The number of ether oxygens (including phenoxy) is 1. The molecule has 3 saturated carbocycles. The van der Waals surface area contributed by atoms with E-state index in [-0.39, 0.29) is 22.7 Å². The molecule has 0 aliphatic heterocycles. The highest BCUT2D eigenvalue weighted by Crippen LogP contribution is 2.67. The minimum atomic E-state index is -0.226. The predicted molar refractivity (Wildman–Crippen MR) is 220 cm³/mol. The van der Waals surface area contributed by atoms with Gasteiger partial charge in [0.15, 0.2) is 0 Å². The Labute approximate surface area is 323 Å². The van der Waals surface area contributed by atoms with Gasteiger partial charge in [-0.2, -0.15) is 0 Å². The Morgan fingerprint density at radius 2 is 1.71 bits per heavy atom. The van der Waals surface area contributed by atoms with Crippen LogP contribution in [0.5, 0.6) is 0 Å².